The van der Waals surface area contributed by atoms with Crippen molar-refractivity contribution in [2.24, 2.45) is 0 Å². The lowest BCUT2D eigenvalue weighted by Gasteiger charge is -2.47. The summed E-state index contributed by atoms with van der Waals surface area (Å²) in [6.07, 6.45) is 6.71. The highest BCUT2D eigenvalue weighted by molar-refractivity contribution is 5.94. The number of rotatable bonds is 4. The van der Waals surface area contributed by atoms with E-state index in [9.17, 15) is 9.59 Å². The van der Waals surface area contributed by atoms with Crippen LogP contribution in [-0.4, -0.2) is 46.4 Å². The fourth-order valence-corrected chi connectivity index (χ4v) is 4.87. The first-order valence-electron chi connectivity index (χ1n) is 11.3. The maximum absolute atomic E-state index is 12.9. The number of nitrogens with zero attached hydrogens (tertiary/aromatic N) is 2. The summed E-state index contributed by atoms with van der Waals surface area (Å²) in [6, 6.07) is 12.2. The number of likely N-dealkylation sites (tertiary alicyclic amines) is 1. The molecule has 3 heterocycles. The molecule has 0 bridgehead atoms. The number of ether oxygens (including phenoxy) is 1. The summed E-state index contributed by atoms with van der Waals surface area (Å²) in [7, 11) is 0. The van der Waals surface area contributed by atoms with Gasteiger partial charge in [-0.15, -0.1) is 0 Å². The maximum atomic E-state index is 12.9. The van der Waals surface area contributed by atoms with E-state index >= 15 is 0 Å². The molecule has 1 N–H and O–H groups in total. The number of amides is 2. The van der Waals surface area contributed by atoms with Crippen LogP contribution in [0, 0.1) is 6.92 Å². The lowest BCUT2D eigenvalue weighted by Crippen LogP contribution is -2.52. The number of fused-ring (bicyclic) bond motifs is 1. The minimum absolute atomic E-state index is 0.0268. The summed E-state index contributed by atoms with van der Waals surface area (Å²) in [6.45, 7) is 3.21. The molecule has 2 fully saturated rings. The zero-order chi connectivity index (χ0) is 21.4. The van der Waals surface area contributed by atoms with Gasteiger partial charge in [-0.25, -0.2) is 0 Å². The van der Waals surface area contributed by atoms with Gasteiger partial charge in [-0.05, 0) is 49.9 Å². The van der Waals surface area contributed by atoms with Gasteiger partial charge in [-0.3, -0.25) is 14.6 Å². The number of benzene rings is 1. The summed E-state index contributed by atoms with van der Waals surface area (Å²) in [5.41, 5.74) is 2.34. The van der Waals surface area contributed by atoms with Gasteiger partial charge in [0, 0.05) is 56.2 Å². The smallest absolute Gasteiger partial charge is 0.255 e. The second kappa shape index (κ2) is 7.98. The molecule has 31 heavy (non-hydrogen) atoms. The van der Waals surface area contributed by atoms with Crippen LogP contribution in [0.5, 0.6) is 5.75 Å². The second-order valence-electron chi connectivity index (χ2n) is 9.25. The van der Waals surface area contributed by atoms with Gasteiger partial charge >= 0.3 is 0 Å². The van der Waals surface area contributed by atoms with Gasteiger partial charge in [0.1, 0.15) is 11.4 Å². The normalized spacial score (nSPS) is 21.8. The molecule has 2 aromatic rings. The van der Waals surface area contributed by atoms with Crippen molar-refractivity contribution in [2.45, 2.75) is 63.0 Å². The van der Waals surface area contributed by atoms with Crippen molar-refractivity contribution in [3.8, 4) is 5.75 Å². The molecule has 1 spiro atoms. The first-order valence-corrected chi connectivity index (χ1v) is 11.3. The maximum Gasteiger partial charge on any atom is 0.255 e. The van der Waals surface area contributed by atoms with E-state index in [2.05, 4.69) is 16.4 Å². The number of carbonyl (C=O) groups excluding carboxylic acids is 2. The van der Waals surface area contributed by atoms with Crippen LogP contribution in [0.4, 0.5) is 0 Å². The van der Waals surface area contributed by atoms with Gasteiger partial charge in [0.05, 0.1) is 5.56 Å². The molecule has 1 aliphatic carbocycles. The van der Waals surface area contributed by atoms with E-state index in [0.717, 1.165) is 49.1 Å². The Labute approximate surface area is 183 Å². The number of hydrogen-bond donors (Lipinski definition) is 1. The lowest BCUT2D eigenvalue weighted by molar-refractivity contribution is -0.122. The zero-order valence-electron chi connectivity index (χ0n) is 18.0. The molecule has 1 saturated heterocycles. The summed E-state index contributed by atoms with van der Waals surface area (Å²) in [5, 5.41) is 3.13. The molecule has 1 saturated carbocycles. The molecular formula is C25H29N3O3. The summed E-state index contributed by atoms with van der Waals surface area (Å²) < 4.78 is 6.53. The monoisotopic (exact) mass is 419 g/mol. The molecule has 6 nitrogen and oxygen atoms in total. The molecule has 5 rings (SSSR count). The van der Waals surface area contributed by atoms with E-state index < -0.39 is 0 Å². The topological polar surface area (TPSA) is 71.5 Å². The number of hydrogen-bond acceptors (Lipinski definition) is 4. The highest BCUT2D eigenvalue weighted by Gasteiger charge is 2.44. The summed E-state index contributed by atoms with van der Waals surface area (Å²) in [4.78, 5) is 31.6. The molecule has 162 valence electrons. The molecule has 3 aliphatic rings. The molecule has 0 radical (unpaired) electrons. The molecule has 6 heteroatoms. The molecule has 1 aromatic heterocycles. The average molecular weight is 420 g/mol. The molecule has 2 amide bonds. The number of pyridine rings is 1. The Morgan fingerprint density at radius 1 is 1.16 bits per heavy atom. The van der Waals surface area contributed by atoms with Gasteiger partial charge in [0.2, 0.25) is 5.91 Å². The Hall–Kier alpha value is -2.89. The van der Waals surface area contributed by atoms with E-state index in [1.54, 1.807) is 6.20 Å². The van der Waals surface area contributed by atoms with Crippen LogP contribution in [0.3, 0.4) is 0 Å². The van der Waals surface area contributed by atoms with E-state index in [1.807, 2.05) is 42.2 Å². The third-order valence-corrected chi connectivity index (χ3v) is 6.80. The molecule has 2 aliphatic heterocycles. The van der Waals surface area contributed by atoms with Gasteiger partial charge < -0.3 is 15.0 Å². The van der Waals surface area contributed by atoms with Crippen molar-refractivity contribution in [3.05, 3.63) is 59.4 Å². The SMILES string of the molecule is Cc1ccc(C(=O)N2CCC3(CC2)CC(CC(=O)NC2CC2)c2ccccc2O3)cn1. The number of carbonyl (C=O) groups is 2. The van der Waals surface area contributed by atoms with Gasteiger partial charge in [0.25, 0.3) is 5.91 Å². The van der Waals surface area contributed by atoms with Crippen LogP contribution >= 0.6 is 0 Å². The minimum Gasteiger partial charge on any atom is -0.487 e. The van der Waals surface area contributed by atoms with E-state index in [-0.39, 0.29) is 23.3 Å². The zero-order valence-corrected chi connectivity index (χ0v) is 18.0. The van der Waals surface area contributed by atoms with Crippen molar-refractivity contribution in [1.29, 1.82) is 0 Å². The number of para-hydroxylation sites is 1. The Kier molecular flexibility index (Phi) is 5.16. The number of piperidine rings is 1. The quantitative estimate of drug-likeness (QED) is 0.822. The van der Waals surface area contributed by atoms with Crippen LogP contribution < -0.4 is 10.1 Å². The largest absolute Gasteiger partial charge is 0.487 e. The molecule has 1 atom stereocenters. The Morgan fingerprint density at radius 3 is 2.65 bits per heavy atom. The van der Waals surface area contributed by atoms with Gasteiger partial charge in [-0.1, -0.05) is 18.2 Å². The van der Waals surface area contributed by atoms with E-state index in [4.69, 9.17) is 4.74 Å². The average Bonchev–Trinajstić information content (AvgIpc) is 3.58. The standard InChI is InChI=1S/C25H29N3O3/c1-17-6-7-18(16-26-17)24(30)28-12-10-25(11-13-28)15-19(14-23(29)27-20-8-9-20)21-4-2-3-5-22(21)31-25/h2-7,16,19-20H,8-15H2,1H3,(H,27,29). The van der Waals surface area contributed by atoms with Crippen molar-refractivity contribution in [2.75, 3.05) is 13.1 Å². The van der Waals surface area contributed by atoms with Crippen molar-refractivity contribution < 1.29 is 14.3 Å². The van der Waals surface area contributed by atoms with Crippen LogP contribution in [-0.2, 0) is 4.79 Å². The van der Waals surface area contributed by atoms with Crippen molar-refractivity contribution in [1.82, 2.24) is 15.2 Å². The molecule has 1 aromatic carbocycles. The van der Waals surface area contributed by atoms with Crippen LogP contribution in [0.2, 0.25) is 0 Å². The Balaban J connectivity index is 1.29. The molecular weight excluding hydrogens is 390 g/mol. The van der Waals surface area contributed by atoms with E-state index in [1.165, 1.54) is 0 Å². The van der Waals surface area contributed by atoms with Gasteiger partial charge in [-0.2, -0.15) is 0 Å². The predicted octanol–water partition coefficient (Wildman–Crippen LogP) is 3.60. The predicted molar refractivity (Wildman–Crippen MR) is 117 cm³/mol. The second-order valence-corrected chi connectivity index (χ2v) is 9.25. The summed E-state index contributed by atoms with van der Waals surface area (Å²) in [5.74, 6) is 1.20. The van der Waals surface area contributed by atoms with Crippen molar-refractivity contribution >= 4 is 11.8 Å². The van der Waals surface area contributed by atoms with Gasteiger partial charge in [0.15, 0.2) is 0 Å². The fraction of sp³-hybridized carbons (Fsp3) is 0.480. The fourth-order valence-electron chi connectivity index (χ4n) is 4.87. The minimum atomic E-state index is -0.318. The van der Waals surface area contributed by atoms with Crippen molar-refractivity contribution in [3.63, 3.8) is 0 Å². The van der Waals surface area contributed by atoms with Crippen LogP contribution in [0.1, 0.15) is 66.1 Å². The highest BCUT2D eigenvalue weighted by Crippen LogP contribution is 2.46. The summed E-state index contributed by atoms with van der Waals surface area (Å²) >= 11 is 0. The number of aromatic nitrogens is 1. The molecule has 1 unspecified atom stereocenters. The number of nitrogens with one attached hydrogen (secondary N) is 1. The third kappa shape index (κ3) is 4.29. The Morgan fingerprint density at radius 2 is 1.94 bits per heavy atom. The lowest BCUT2D eigenvalue weighted by atomic mass is 9.76. The Bertz CT molecular complexity index is 976. The van der Waals surface area contributed by atoms with E-state index in [0.29, 0.717) is 31.1 Å². The van der Waals surface area contributed by atoms with Crippen LogP contribution in [0.25, 0.3) is 0 Å². The third-order valence-electron chi connectivity index (χ3n) is 6.80. The van der Waals surface area contributed by atoms with Crippen LogP contribution in [0.15, 0.2) is 42.6 Å². The first kappa shape index (κ1) is 20.0. The number of aryl methyl sites for hydroxylation is 1. The first-order chi connectivity index (χ1) is 15.0. The highest BCUT2D eigenvalue weighted by atomic mass is 16.5.